The van der Waals surface area contributed by atoms with Crippen LogP contribution in [0.5, 0.6) is 0 Å². The summed E-state index contributed by atoms with van der Waals surface area (Å²) in [5, 5.41) is 6.80. The van der Waals surface area contributed by atoms with Gasteiger partial charge in [0.2, 0.25) is 0 Å². The lowest BCUT2D eigenvalue weighted by molar-refractivity contribution is 0.181. The summed E-state index contributed by atoms with van der Waals surface area (Å²) >= 11 is 0. The number of nitrogens with one attached hydrogen (secondary N) is 2. The van der Waals surface area contributed by atoms with Gasteiger partial charge in [0.1, 0.15) is 0 Å². The Morgan fingerprint density at radius 1 is 1.20 bits per heavy atom. The molecule has 0 amide bonds. The summed E-state index contributed by atoms with van der Waals surface area (Å²) in [5.74, 6) is 1.77. The third-order valence-corrected chi connectivity index (χ3v) is 4.74. The van der Waals surface area contributed by atoms with Crippen LogP contribution in [0.25, 0.3) is 0 Å². The van der Waals surface area contributed by atoms with Crippen LogP contribution in [-0.4, -0.2) is 44.1 Å². The second-order valence-electron chi connectivity index (χ2n) is 7.09. The van der Waals surface area contributed by atoms with Crippen molar-refractivity contribution in [3.63, 3.8) is 0 Å². The molecule has 1 saturated heterocycles. The van der Waals surface area contributed by atoms with Gasteiger partial charge in [0.05, 0.1) is 0 Å². The van der Waals surface area contributed by atoms with Crippen molar-refractivity contribution in [3.8, 4) is 0 Å². The fourth-order valence-corrected chi connectivity index (χ4v) is 3.27. The number of piperidine rings is 1. The van der Waals surface area contributed by atoms with Gasteiger partial charge in [0, 0.05) is 26.7 Å². The van der Waals surface area contributed by atoms with Crippen molar-refractivity contribution >= 4 is 29.9 Å². The van der Waals surface area contributed by atoms with E-state index in [1.807, 2.05) is 7.05 Å². The van der Waals surface area contributed by atoms with E-state index in [9.17, 15) is 0 Å². The topological polar surface area (TPSA) is 39.7 Å². The van der Waals surface area contributed by atoms with Crippen molar-refractivity contribution in [1.82, 2.24) is 15.5 Å². The zero-order chi connectivity index (χ0) is 17.2. The number of hydrogen-bond donors (Lipinski definition) is 2. The standard InChI is InChI=1S/C20H34N4.HI/c1-17-8-10-19(11-9-17)15-23-20(21-3)22-12-4-5-13-24-14-6-7-18(2)16-24;/h8-11,18H,4-7,12-16H2,1-3H3,(H2,21,22,23);1H. The maximum Gasteiger partial charge on any atom is 0.191 e. The Morgan fingerprint density at radius 3 is 2.64 bits per heavy atom. The quantitative estimate of drug-likeness (QED) is 0.283. The molecule has 0 saturated carbocycles. The number of halogens is 1. The highest BCUT2D eigenvalue weighted by molar-refractivity contribution is 14.0. The van der Waals surface area contributed by atoms with E-state index in [0.717, 1.165) is 25.0 Å². The monoisotopic (exact) mass is 458 g/mol. The molecule has 1 aromatic carbocycles. The largest absolute Gasteiger partial charge is 0.356 e. The molecule has 0 spiro atoms. The summed E-state index contributed by atoms with van der Waals surface area (Å²) in [5.41, 5.74) is 2.58. The Hall–Kier alpha value is -0.820. The number of guanidine groups is 1. The molecule has 4 nitrogen and oxygen atoms in total. The lowest BCUT2D eigenvalue weighted by Crippen LogP contribution is -2.38. The van der Waals surface area contributed by atoms with Crippen LogP contribution in [0.4, 0.5) is 0 Å². The van der Waals surface area contributed by atoms with Gasteiger partial charge in [-0.15, -0.1) is 24.0 Å². The van der Waals surface area contributed by atoms with Crippen LogP contribution in [0.1, 0.15) is 43.7 Å². The maximum atomic E-state index is 4.30. The Morgan fingerprint density at radius 2 is 1.96 bits per heavy atom. The molecule has 0 bridgehead atoms. The van der Waals surface area contributed by atoms with Crippen LogP contribution in [0.2, 0.25) is 0 Å². The third-order valence-electron chi connectivity index (χ3n) is 4.74. The van der Waals surface area contributed by atoms with Crippen molar-refractivity contribution < 1.29 is 0 Å². The van der Waals surface area contributed by atoms with E-state index in [1.165, 1.54) is 56.4 Å². The van der Waals surface area contributed by atoms with Gasteiger partial charge >= 0.3 is 0 Å². The summed E-state index contributed by atoms with van der Waals surface area (Å²) in [7, 11) is 1.83. The molecule has 1 atom stereocenters. The molecular weight excluding hydrogens is 423 g/mol. The molecule has 0 aromatic heterocycles. The number of aryl methyl sites for hydroxylation is 1. The van der Waals surface area contributed by atoms with Crippen molar-refractivity contribution in [1.29, 1.82) is 0 Å². The van der Waals surface area contributed by atoms with E-state index in [0.29, 0.717) is 0 Å². The van der Waals surface area contributed by atoms with Crippen LogP contribution in [0, 0.1) is 12.8 Å². The normalized spacial score (nSPS) is 18.5. The molecule has 1 fully saturated rings. The zero-order valence-electron chi connectivity index (χ0n) is 16.1. The van der Waals surface area contributed by atoms with E-state index in [2.05, 4.69) is 58.6 Å². The van der Waals surface area contributed by atoms with Gasteiger partial charge in [-0.1, -0.05) is 36.8 Å². The Balaban J connectivity index is 0.00000312. The Labute approximate surface area is 170 Å². The number of hydrogen-bond acceptors (Lipinski definition) is 2. The predicted molar refractivity (Wildman–Crippen MR) is 119 cm³/mol. The molecule has 5 heteroatoms. The number of likely N-dealkylation sites (tertiary alicyclic amines) is 1. The minimum absolute atomic E-state index is 0. The summed E-state index contributed by atoms with van der Waals surface area (Å²) in [6.07, 6.45) is 5.22. The van der Waals surface area contributed by atoms with Gasteiger partial charge in [-0.05, 0) is 57.2 Å². The average Bonchev–Trinajstić information content (AvgIpc) is 2.59. The summed E-state index contributed by atoms with van der Waals surface area (Å²) < 4.78 is 0. The van der Waals surface area contributed by atoms with Crippen LogP contribution in [-0.2, 0) is 6.54 Å². The van der Waals surface area contributed by atoms with E-state index in [1.54, 1.807) is 0 Å². The number of nitrogens with zero attached hydrogens (tertiary/aromatic N) is 2. The van der Waals surface area contributed by atoms with Crippen molar-refractivity contribution in [2.45, 2.75) is 46.1 Å². The van der Waals surface area contributed by atoms with E-state index in [-0.39, 0.29) is 24.0 Å². The third kappa shape index (κ3) is 8.90. The average molecular weight is 458 g/mol. The second kappa shape index (κ2) is 12.5. The van der Waals surface area contributed by atoms with Crippen molar-refractivity contribution in [2.75, 3.05) is 33.2 Å². The fraction of sp³-hybridized carbons (Fsp3) is 0.650. The highest BCUT2D eigenvalue weighted by atomic mass is 127. The Kier molecular flexibility index (Phi) is 11.1. The summed E-state index contributed by atoms with van der Waals surface area (Å²) in [6.45, 7) is 10.1. The first-order chi connectivity index (χ1) is 11.7. The molecule has 25 heavy (non-hydrogen) atoms. The van der Waals surface area contributed by atoms with E-state index < -0.39 is 0 Å². The minimum atomic E-state index is 0. The van der Waals surface area contributed by atoms with Crippen LogP contribution in [0.15, 0.2) is 29.3 Å². The second-order valence-corrected chi connectivity index (χ2v) is 7.09. The van der Waals surface area contributed by atoms with E-state index in [4.69, 9.17) is 0 Å². The summed E-state index contributed by atoms with van der Waals surface area (Å²) in [6, 6.07) is 8.62. The lowest BCUT2D eigenvalue weighted by atomic mass is 10.0. The first-order valence-electron chi connectivity index (χ1n) is 9.40. The first kappa shape index (κ1) is 22.2. The first-order valence-corrected chi connectivity index (χ1v) is 9.40. The van der Waals surface area contributed by atoms with Crippen molar-refractivity contribution in [3.05, 3.63) is 35.4 Å². The molecule has 2 N–H and O–H groups in total. The molecule has 1 unspecified atom stereocenters. The lowest BCUT2D eigenvalue weighted by Gasteiger charge is -2.30. The predicted octanol–water partition coefficient (Wildman–Crippen LogP) is 3.79. The molecule has 142 valence electrons. The molecule has 2 rings (SSSR count). The highest BCUT2D eigenvalue weighted by Crippen LogP contribution is 2.15. The number of aliphatic imine (C=N–C) groups is 1. The highest BCUT2D eigenvalue weighted by Gasteiger charge is 2.15. The molecule has 0 aliphatic carbocycles. The smallest absolute Gasteiger partial charge is 0.191 e. The van der Waals surface area contributed by atoms with E-state index >= 15 is 0 Å². The SMILES string of the molecule is CN=C(NCCCCN1CCCC(C)C1)NCc1ccc(C)cc1.I. The molecule has 1 aromatic rings. The molecular formula is C20H35IN4. The molecule has 1 heterocycles. The molecule has 1 aliphatic rings. The fourth-order valence-electron chi connectivity index (χ4n) is 3.27. The molecule has 1 aliphatic heterocycles. The number of benzene rings is 1. The van der Waals surface area contributed by atoms with Gasteiger partial charge < -0.3 is 15.5 Å². The number of unbranched alkanes of at least 4 members (excludes halogenated alkanes) is 1. The van der Waals surface area contributed by atoms with Gasteiger partial charge in [-0.3, -0.25) is 4.99 Å². The van der Waals surface area contributed by atoms with Crippen molar-refractivity contribution in [2.24, 2.45) is 10.9 Å². The Bertz CT molecular complexity index is 501. The number of rotatable bonds is 7. The zero-order valence-corrected chi connectivity index (χ0v) is 18.4. The van der Waals surface area contributed by atoms with Crippen LogP contribution >= 0.6 is 24.0 Å². The summed E-state index contributed by atoms with van der Waals surface area (Å²) in [4.78, 5) is 6.93. The van der Waals surface area contributed by atoms with Crippen LogP contribution < -0.4 is 10.6 Å². The molecule has 0 radical (unpaired) electrons. The maximum absolute atomic E-state index is 4.30. The van der Waals surface area contributed by atoms with Gasteiger partial charge in [-0.25, -0.2) is 0 Å². The van der Waals surface area contributed by atoms with Gasteiger partial charge in [-0.2, -0.15) is 0 Å². The minimum Gasteiger partial charge on any atom is -0.356 e. The van der Waals surface area contributed by atoms with Gasteiger partial charge in [0.15, 0.2) is 5.96 Å². The van der Waals surface area contributed by atoms with Crippen LogP contribution in [0.3, 0.4) is 0 Å². The van der Waals surface area contributed by atoms with Gasteiger partial charge in [0.25, 0.3) is 0 Å².